The Bertz CT molecular complexity index is 279. The third-order valence-electron chi connectivity index (χ3n) is 2.63. The summed E-state index contributed by atoms with van der Waals surface area (Å²) in [5.74, 6) is -2.12. The van der Waals surface area contributed by atoms with Gasteiger partial charge >= 0.3 is 11.9 Å². The molecule has 0 aliphatic heterocycles. The Morgan fingerprint density at radius 1 is 1.22 bits per heavy atom. The number of unbranched alkanes of at least 4 members (excludes halogenated alkanes) is 3. The number of carbonyl (C=O) groups excluding carboxylic acids is 1. The lowest BCUT2D eigenvalue weighted by molar-refractivity contribution is -0.155. The summed E-state index contributed by atoms with van der Waals surface area (Å²) in [5, 5.41) is 8.85. The molecule has 0 fully saturated rings. The Balaban J connectivity index is 4.20. The number of carbonyl (C=O) groups is 2. The molecule has 1 unspecified atom stereocenters. The second-order valence-electron chi connectivity index (χ2n) is 4.16. The minimum atomic E-state index is -1.84. The topological polar surface area (TPSA) is 63.6 Å². The first-order chi connectivity index (χ1) is 8.36. The van der Waals surface area contributed by atoms with Gasteiger partial charge in [0.2, 0.25) is 0 Å². The van der Waals surface area contributed by atoms with Crippen LogP contribution in [0.5, 0.6) is 0 Å². The third kappa shape index (κ3) is 6.18. The molecule has 0 heterocycles. The van der Waals surface area contributed by atoms with Gasteiger partial charge in [0.1, 0.15) is 6.10 Å². The zero-order valence-electron chi connectivity index (χ0n) is 10.7. The summed E-state index contributed by atoms with van der Waals surface area (Å²) in [6, 6.07) is 0. The minimum absolute atomic E-state index is 0.219. The van der Waals surface area contributed by atoms with Crippen LogP contribution in [0.15, 0.2) is 0 Å². The second-order valence-corrected chi connectivity index (χ2v) is 7.61. The van der Waals surface area contributed by atoms with E-state index < -0.39 is 15.2 Å². The van der Waals surface area contributed by atoms with Crippen molar-refractivity contribution >= 4 is 43.8 Å². The van der Waals surface area contributed by atoms with Crippen molar-refractivity contribution in [2.45, 2.75) is 61.7 Å². The fourth-order valence-electron chi connectivity index (χ4n) is 1.46. The molecular formula is C12H20Br2O4. The van der Waals surface area contributed by atoms with Crippen LogP contribution < -0.4 is 0 Å². The molecule has 18 heavy (non-hydrogen) atoms. The Morgan fingerprint density at radius 2 is 1.83 bits per heavy atom. The highest BCUT2D eigenvalue weighted by Gasteiger charge is 2.43. The Kier molecular flexibility index (Phi) is 8.86. The quantitative estimate of drug-likeness (QED) is 0.282. The average Bonchev–Trinajstić information content (AvgIpc) is 2.32. The molecule has 0 radical (unpaired) electrons. The molecule has 1 N–H and O–H groups in total. The molecule has 1 atom stereocenters. The van der Waals surface area contributed by atoms with Gasteiger partial charge in [-0.25, -0.2) is 9.59 Å². The average molecular weight is 388 g/mol. The van der Waals surface area contributed by atoms with Gasteiger partial charge in [-0.1, -0.05) is 33.1 Å². The van der Waals surface area contributed by atoms with E-state index in [1.54, 1.807) is 0 Å². The van der Waals surface area contributed by atoms with Gasteiger partial charge in [-0.2, -0.15) is 0 Å². The number of carboxylic acid groups (broad SMARTS) is 1. The van der Waals surface area contributed by atoms with E-state index >= 15 is 0 Å². The first-order valence-electron chi connectivity index (χ1n) is 6.18. The van der Waals surface area contributed by atoms with Gasteiger partial charge in [0, 0.05) is 0 Å². The molecule has 4 nitrogen and oxygen atoms in total. The van der Waals surface area contributed by atoms with Gasteiger partial charge in [-0.3, -0.25) is 0 Å². The summed E-state index contributed by atoms with van der Waals surface area (Å²) >= 11 is 5.61. The fraction of sp³-hybridized carbons (Fsp3) is 0.833. The van der Waals surface area contributed by atoms with Crippen molar-refractivity contribution in [2.24, 2.45) is 0 Å². The van der Waals surface area contributed by atoms with E-state index in [0.717, 1.165) is 25.7 Å². The molecule has 0 aromatic heterocycles. The zero-order chi connectivity index (χ0) is 14.2. The zero-order valence-corrected chi connectivity index (χ0v) is 13.9. The molecule has 0 aromatic rings. The standard InChI is InChI=1S/C12H20Br2O4/c1-3-5-6-7-8-9(4-2)18-11(17)12(13,14)10(15)16/h9H,3-8H2,1-2H3,(H,15,16). The maximum absolute atomic E-state index is 11.7. The predicted octanol–water partition coefficient (Wildman–Crippen LogP) is 3.85. The summed E-state index contributed by atoms with van der Waals surface area (Å²) in [4.78, 5) is 22.5. The molecule has 106 valence electrons. The molecule has 0 saturated heterocycles. The largest absolute Gasteiger partial charge is 0.479 e. The summed E-state index contributed by atoms with van der Waals surface area (Å²) in [7, 11) is 0. The number of halogens is 2. The van der Waals surface area contributed by atoms with Crippen molar-refractivity contribution in [2.75, 3.05) is 0 Å². The van der Waals surface area contributed by atoms with E-state index in [1.807, 2.05) is 6.92 Å². The van der Waals surface area contributed by atoms with Crippen LogP contribution in [0.1, 0.15) is 52.4 Å². The van der Waals surface area contributed by atoms with E-state index in [4.69, 9.17) is 9.84 Å². The molecular weight excluding hydrogens is 368 g/mol. The van der Waals surface area contributed by atoms with Crippen LogP contribution in [0.3, 0.4) is 0 Å². The van der Waals surface area contributed by atoms with Gasteiger partial charge in [0.15, 0.2) is 0 Å². The van der Waals surface area contributed by atoms with Crippen LogP contribution >= 0.6 is 31.9 Å². The van der Waals surface area contributed by atoms with Crippen LogP contribution in [0.25, 0.3) is 0 Å². The highest BCUT2D eigenvalue weighted by atomic mass is 79.9. The van der Waals surface area contributed by atoms with Crippen LogP contribution in [0.4, 0.5) is 0 Å². The maximum Gasteiger partial charge on any atom is 0.345 e. The molecule has 0 bridgehead atoms. The summed E-state index contributed by atoms with van der Waals surface area (Å²) in [5.41, 5.74) is 0. The number of hydrogen-bond donors (Lipinski definition) is 1. The van der Waals surface area contributed by atoms with Crippen molar-refractivity contribution in [3.63, 3.8) is 0 Å². The molecule has 0 amide bonds. The van der Waals surface area contributed by atoms with Gasteiger partial charge in [0.25, 0.3) is 3.23 Å². The van der Waals surface area contributed by atoms with E-state index in [-0.39, 0.29) is 6.10 Å². The number of alkyl halides is 2. The van der Waals surface area contributed by atoms with Crippen LogP contribution in [0.2, 0.25) is 0 Å². The fourth-order valence-corrected chi connectivity index (χ4v) is 1.64. The van der Waals surface area contributed by atoms with Gasteiger partial charge < -0.3 is 9.84 Å². The van der Waals surface area contributed by atoms with Crippen molar-refractivity contribution in [3.05, 3.63) is 0 Å². The Labute approximate surface area is 125 Å². The lowest BCUT2D eigenvalue weighted by atomic mass is 10.1. The highest BCUT2D eigenvalue weighted by molar-refractivity contribution is 9.26. The maximum atomic E-state index is 11.7. The number of aliphatic carboxylic acids is 1. The van der Waals surface area contributed by atoms with E-state index in [0.29, 0.717) is 6.42 Å². The summed E-state index contributed by atoms with van der Waals surface area (Å²) in [6.45, 7) is 4.05. The normalized spacial score (nSPS) is 13.1. The molecule has 0 aliphatic rings. The first kappa shape index (κ1) is 17.9. The summed E-state index contributed by atoms with van der Waals surface area (Å²) < 4.78 is 3.36. The van der Waals surface area contributed by atoms with E-state index in [1.165, 1.54) is 6.42 Å². The molecule has 0 rings (SSSR count). The second kappa shape index (κ2) is 8.91. The van der Waals surface area contributed by atoms with Gasteiger partial charge in [0.05, 0.1) is 0 Å². The van der Waals surface area contributed by atoms with Gasteiger partial charge in [-0.05, 0) is 51.1 Å². The third-order valence-corrected chi connectivity index (χ3v) is 3.96. The Morgan fingerprint density at radius 3 is 2.28 bits per heavy atom. The number of rotatable bonds is 9. The number of ether oxygens (including phenoxy) is 1. The van der Waals surface area contributed by atoms with Crippen LogP contribution in [0, 0.1) is 0 Å². The van der Waals surface area contributed by atoms with E-state index in [9.17, 15) is 9.59 Å². The SMILES string of the molecule is CCCCCCC(CC)OC(=O)C(Br)(Br)C(=O)O. The first-order valence-corrected chi connectivity index (χ1v) is 7.77. The van der Waals surface area contributed by atoms with Crippen molar-refractivity contribution in [1.29, 1.82) is 0 Å². The van der Waals surface area contributed by atoms with Crippen LogP contribution in [-0.4, -0.2) is 26.4 Å². The van der Waals surface area contributed by atoms with Crippen molar-refractivity contribution < 1.29 is 19.4 Å². The highest BCUT2D eigenvalue weighted by Crippen LogP contribution is 2.29. The lowest BCUT2D eigenvalue weighted by Gasteiger charge is -2.20. The Hall–Kier alpha value is -0.100. The monoisotopic (exact) mass is 386 g/mol. The van der Waals surface area contributed by atoms with Gasteiger partial charge in [-0.15, -0.1) is 0 Å². The molecule has 0 aliphatic carbocycles. The minimum Gasteiger partial charge on any atom is -0.479 e. The van der Waals surface area contributed by atoms with Crippen molar-refractivity contribution in [3.8, 4) is 0 Å². The smallest absolute Gasteiger partial charge is 0.345 e. The number of hydrogen-bond acceptors (Lipinski definition) is 3. The molecule has 6 heteroatoms. The number of esters is 1. The molecule has 0 saturated carbocycles. The lowest BCUT2D eigenvalue weighted by Crippen LogP contribution is -2.38. The molecule has 0 spiro atoms. The summed E-state index contributed by atoms with van der Waals surface area (Å²) in [6.07, 6.45) is 5.66. The molecule has 0 aromatic carbocycles. The van der Waals surface area contributed by atoms with E-state index in [2.05, 4.69) is 38.8 Å². The predicted molar refractivity (Wildman–Crippen MR) is 77.2 cm³/mol. The van der Waals surface area contributed by atoms with Crippen LogP contribution in [-0.2, 0) is 14.3 Å². The van der Waals surface area contributed by atoms with Crippen molar-refractivity contribution in [1.82, 2.24) is 0 Å². The number of carboxylic acids is 1.